The number of rotatable bonds is 4. The monoisotopic (exact) mass is 398 g/mol. The standard InChI is InChI=1S/C20H12ClFN2O2S/c21-14-7-1-2-8-15(14)24-19(25)17(16-9-4-10-27-16)18(20(24)26)23-13-6-3-5-12(22)11-13/h1-11,23H. The van der Waals surface area contributed by atoms with Crippen LogP contribution in [0, 0.1) is 5.82 Å². The highest BCUT2D eigenvalue weighted by Crippen LogP contribution is 2.37. The van der Waals surface area contributed by atoms with Crippen LogP contribution in [-0.4, -0.2) is 11.8 Å². The number of carbonyl (C=O) groups excluding carboxylic acids is 2. The highest BCUT2D eigenvalue weighted by Gasteiger charge is 2.41. The summed E-state index contributed by atoms with van der Waals surface area (Å²) in [5.74, 6) is -1.46. The maximum absolute atomic E-state index is 13.5. The van der Waals surface area contributed by atoms with Crippen molar-refractivity contribution in [2.75, 3.05) is 10.2 Å². The molecule has 0 atom stereocenters. The molecule has 4 nitrogen and oxygen atoms in total. The van der Waals surface area contributed by atoms with Crippen molar-refractivity contribution in [1.29, 1.82) is 0 Å². The number of benzene rings is 2. The molecular weight excluding hydrogens is 387 g/mol. The van der Waals surface area contributed by atoms with Gasteiger partial charge in [0, 0.05) is 10.6 Å². The summed E-state index contributed by atoms with van der Waals surface area (Å²) in [6.45, 7) is 0. The fourth-order valence-electron chi connectivity index (χ4n) is 2.86. The van der Waals surface area contributed by atoms with E-state index in [-0.39, 0.29) is 16.3 Å². The van der Waals surface area contributed by atoms with Crippen molar-refractivity contribution >= 4 is 51.7 Å². The molecule has 4 rings (SSSR count). The molecule has 0 spiro atoms. The summed E-state index contributed by atoms with van der Waals surface area (Å²) in [6.07, 6.45) is 0. The van der Waals surface area contributed by atoms with E-state index in [4.69, 9.17) is 11.6 Å². The van der Waals surface area contributed by atoms with Gasteiger partial charge in [-0.05, 0) is 41.8 Å². The third kappa shape index (κ3) is 3.13. The van der Waals surface area contributed by atoms with Crippen LogP contribution < -0.4 is 10.2 Å². The summed E-state index contributed by atoms with van der Waals surface area (Å²) in [5, 5.41) is 5.02. The fraction of sp³-hybridized carbons (Fsp3) is 0. The third-order valence-electron chi connectivity index (χ3n) is 4.04. The van der Waals surface area contributed by atoms with Crippen LogP contribution in [0.4, 0.5) is 15.8 Å². The van der Waals surface area contributed by atoms with Crippen molar-refractivity contribution in [3.05, 3.63) is 87.5 Å². The SMILES string of the molecule is O=C1C(Nc2cccc(F)c2)=C(c2cccs2)C(=O)N1c1ccccc1Cl. The lowest BCUT2D eigenvalue weighted by molar-refractivity contribution is -0.120. The minimum Gasteiger partial charge on any atom is -0.350 e. The molecule has 0 aliphatic carbocycles. The average Bonchev–Trinajstić information content (AvgIpc) is 3.24. The van der Waals surface area contributed by atoms with E-state index in [1.54, 1.807) is 42.5 Å². The minimum atomic E-state index is -0.541. The largest absolute Gasteiger partial charge is 0.350 e. The molecule has 1 aliphatic rings. The number of carbonyl (C=O) groups is 2. The number of nitrogens with one attached hydrogen (secondary N) is 1. The molecule has 2 heterocycles. The van der Waals surface area contributed by atoms with E-state index in [2.05, 4.69) is 5.32 Å². The van der Waals surface area contributed by atoms with Crippen LogP contribution in [0.3, 0.4) is 0 Å². The van der Waals surface area contributed by atoms with Gasteiger partial charge in [0.15, 0.2) is 0 Å². The van der Waals surface area contributed by atoms with Crippen molar-refractivity contribution in [2.45, 2.75) is 0 Å². The summed E-state index contributed by atoms with van der Waals surface area (Å²) in [6, 6.07) is 15.9. The lowest BCUT2D eigenvalue weighted by Crippen LogP contribution is -2.32. The predicted molar refractivity (Wildman–Crippen MR) is 105 cm³/mol. The molecular formula is C20H12ClFN2O2S. The molecule has 3 aromatic rings. The number of amides is 2. The Labute approximate surface area is 163 Å². The van der Waals surface area contributed by atoms with Crippen LogP contribution in [0.2, 0.25) is 5.02 Å². The maximum atomic E-state index is 13.5. The van der Waals surface area contributed by atoms with Gasteiger partial charge in [-0.3, -0.25) is 9.59 Å². The highest BCUT2D eigenvalue weighted by atomic mass is 35.5. The van der Waals surface area contributed by atoms with Gasteiger partial charge in [-0.25, -0.2) is 9.29 Å². The second-order valence-electron chi connectivity index (χ2n) is 5.76. The van der Waals surface area contributed by atoms with Crippen LogP contribution in [0.15, 0.2) is 71.7 Å². The Bertz CT molecular complexity index is 1080. The first-order chi connectivity index (χ1) is 13.1. The molecule has 1 aliphatic heterocycles. The molecule has 134 valence electrons. The smallest absolute Gasteiger partial charge is 0.282 e. The Hall–Kier alpha value is -2.96. The zero-order valence-electron chi connectivity index (χ0n) is 13.8. The molecule has 0 saturated carbocycles. The number of halogens is 2. The lowest BCUT2D eigenvalue weighted by atomic mass is 10.2. The van der Waals surface area contributed by atoms with Gasteiger partial charge in [-0.2, -0.15) is 0 Å². The molecule has 0 fully saturated rings. The van der Waals surface area contributed by atoms with E-state index >= 15 is 0 Å². The normalized spacial score (nSPS) is 14.2. The van der Waals surface area contributed by atoms with Crippen LogP contribution in [0.1, 0.15) is 4.88 Å². The van der Waals surface area contributed by atoms with Crippen molar-refractivity contribution in [2.24, 2.45) is 0 Å². The number of hydrogen-bond donors (Lipinski definition) is 1. The molecule has 0 unspecified atom stereocenters. The Morgan fingerprint density at radius 1 is 0.963 bits per heavy atom. The molecule has 2 amide bonds. The van der Waals surface area contributed by atoms with Crippen molar-refractivity contribution in [3.8, 4) is 0 Å². The van der Waals surface area contributed by atoms with Crippen molar-refractivity contribution < 1.29 is 14.0 Å². The molecule has 1 aromatic heterocycles. The predicted octanol–water partition coefficient (Wildman–Crippen LogP) is 4.94. The average molecular weight is 399 g/mol. The van der Waals surface area contributed by atoms with Gasteiger partial charge in [0.2, 0.25) is 0 Å². The summed E-state index contributed by atoms with van der Waals surface area (Å²) < 4.78 is 13.5. The number of anilines is 2. The van der Waals surface area contributed by atoms with Crippen LogP contribution in [0.25, 0.3) is 5.57 Å². The van der Waals surface area contributed by atoms with Gasteiger partial charge in [-0.15, -0.1) is 11.3 Å². The first kappa shape index (κ1) is 17.5. The molecule has 2 aromatic carbocycles. The lowest BCUT2D eigenvalue weighted by Gasteiger charge is -2.16. The first-order valence-corrected chi connectivity index (χ1v) is 9.26. The number of para-hydroxylation sites is 1. The highest BCUT2D eigenvalue weighted by molar-refractivity contribution is 7.11. The maximum Gasteiger partial charge on any atom is 0.282 e. The third-order valence-corrected chi connectivity index (χ3v) is 5.25. The van der Waals surface area contributed by atoms with Crippen LogP contribution in [0.5, 0.6) is 0 Å². The minimum absolute atomic E-state index is 0.0907. The van der Waals surface area contributed by atoms with E-state index in [1.807, 2.05) is 5.38 Å². The molecule has 0 bridgehead atoms. The quantitative estimate of drug-likeness (QED) is 0.633. The number of thiophene rings is 1. The zero-order chi connectivity index (χ0) is 19.0. The summed E-state index contributed by atoms with van der Waals surface area (Å²) in [4.78, 5) is 27.9. The van der Waals surface area contributed by atoms with Crippen molar-refractivity contribution in [1.82, 2.24) is 0 Å². The summed E-state index contributed by atoms with van der Waals surface area (Å²) in [7, 11) is 0. The van der Waals surface area contributed by atoms with Gasteiger partial charge >= 0.3 is 0 Å². The second kappa shape index (κ2) is 6.98. The first-order valence-electron chi connectivity index (χ1n) is 8.00. The molecule has 27 heavy (non-hydrogen) atoms. The second-order valence-corrected chi connectivity index (χ2v) is 7.11. The summed E-state index contributed by atoms with van der Waals surface area (Å²) in [5.41, 5.74) is 1.01. The Morgan fingerprint density at radius 3 is 2.48 bits per heavy atom. The van der Waals surface area contributed by atoms with E-state index in [9.17, 15) is 14.0 Å². The van der Waals surface area contributed by atoms with Gasteiger partial charge < -0.3 is 5.32 Å². The topological polar surface area (TPSA) is 49.4 Å². The fourth-order valence-corrected chi connectivity index (χ4v) is 3.85. The van der Waals surface area contributed by atoms with E-state index in [0.29, 0.717) is 16.3 Å². The van der Waals surface area contributed by atoms with E-state index in [1.165, 1.54) is 29.5 Å². The van der Waals surface area contributed by atoms with Gasteiger partial charge in [0.05, 0.1) is 16.3 Å². The Kier molecular flexibility index (Phi) is 4.51. The molecule has 0 radical (unpaired) electrons. The number of imide groups is 1. The molecule has 0 saturated heterocycles. The molecule has 7 heteroatoms. The van der Waals surface area contributed by atoms with Crippen LogP contribution >= 0.6 is 22.9 Å². The number of hydrogen-bond acceptors (Lipinski definition) is 4. The Balaban J connectivity index is 1.82. The van der Waals surface area contributed by atoms with Crippen LogP contribution in [-0.2, 0) is 9.59 Å². The van der Waals surface area contributed by atoms with Gasteiger partial charge in [0.25, 0.3) is 11.8 Å². The number of nitrogens with zero attached hydrogens (tertiary/aromatic N) is 1. The Morgan fingerprint density at radius 2 is 1.78 bits per heavy atom. The van der Waals surface area contributed by atoms with Gasteiger partial charge in [0.1, 0.15) is 11.5 Å². The van der Waals surface area contributed by atoms with E-state index in [0.717, 1.165) is 4.90 Å². The van der Waals surface area contributed by atoms with Gasteiger partial charge in [-0.1, -0.05) is 35.9 Å². The zero-order valence-corrected chi connectivity index (χ0v) is 15.4. The molecule has 1 N–H and O–H groups in total. The van der Waals surface area contributed by atoms with Crippen molar-refractivity contribution in [3.63, 3.8) is 0 Å². The summed E-state index contributed by atoms with van der Waals surface area (Å²) >= 11 is 7.54. The van der Waals surface area contributed by atoms with E-state index < -0.39 is 17.6 Å².